The number of amides is 1. The Balaban J connectivity index is 1.70. The van der Waals surface area contributed by atoms with Crippen LogP contribution in [0.3, 0.4) is 0 Å². The van der Waals surface area contributed by atoms with Gasteiger partial charge in [0.25, 0.3) is 15.9 Å². The second-order valence-corrected chi connectivity index (χ2v) is 9.19. The highest BCUT2D eigenvalue weighted by molar-refractivity contribution is 7.98. The van der Waals surface area contributed by atoms with Crippen molar-refractivity contribution in [1.29, 1.82) is 0 Å². The average Bonchev–Trinajstić information content (AvgIpc) is 2.74. The molecule has 5 nitrogen and oxygen atoms in total. The molecule has 156 valence electrons. The van der Waals surface area contributed by atoms with Gasteiger partial charge in [-0.05, 0) is 66.8 Å². The topological polar surface area (TPSA) is 75.3 Å². The monoisotopic (exact) mass is 444 g/mol. The molecule has 0 saturated carbocycles. The third kappa shape index (κ3) is 5.40. The van der Waals surface area contributed by atoms with Gasteiger partial charge in [-0.2, -0.15) is 0 Å². The molecule has 3 aromatic carbocycles. The van der Waals surface area contributed by atoms with Crippen LogP contribution in [-0.4, -0.2) is 20.6 Å². The Morgan fingerprint density at radius 2 is 1.77 bits per heavy atom. The summed E-state index contributed by atoms with van der Waals surface area (Å²) < 4.78 is 41.2. The van der Waals surface area contributed by atoms with Gasteiger partial charge in [-0.1, -0.05) is 24.3 Å². The highest BCUT2D eigenvalue weighted by Crippen LogP contribution is 2.20. The second-order valence-electron chi connectivity index (χ2n) is 6.63. The van der Waals surface area contributed by atoms with Crippen molar-refractivity contribution in [3.8, 4) is 0 Å². The quantitative estimate of drug-likeness (QED) is 0.523. The molecule has 30 heavy (non-hydrogen) atoms. The van der Waals surface area contributed by atoms with Gasteiger partial charge in [0, 0.05) is 22.7 Å². The highest BCUT2D eigenvalue weighted by atomic mass is 32.2. The summed E-state index contributed by atoms with van der Waals surface area (Å²) in [5.41, 5.74) is 1.84. The Kier molecular flexibility index (Phi) is 6.79. The zero-order valence-corrected chi connectivity index (χ0v) is 18.1. The normalized spacial score (nSPS) is 11.2. The maximum atomic E-state index is 13.7. The molecule has 0 aromatic heterocycles. The van der Waals surface area contributed by atoms with Crippen molar-refractivity contribution in [2.24, 2.45) is 0 Å². The molecule has 0 spiro atoms. The van der Waals surface area contributed by atoms with Crippen LogP contribution in [0.5, 0.6) is 0 Å². The molecule has 0 saturated heterocycles. The van der Waals surface area contributed by atoms with Crippen LogP contribution >= 0.6 is 11.8 Å². The summed E-state index contributed by atoms with van der Waals surface area (Å²) >= 11 is 1.64. The van der Waals surface area contributed by atoms with Gasteiger partial charge in [-0.15, -0.1) is 11.8 Å². The number of hydrogen-bond acceptors (Lipinski definition) is 4. The summed E-state index contributed by atoms with van der Waals surface area (Å²) in [5.74, 6) is -0.928. The summed E-state index contributed by atoms with van der Waals surface area (Å²) in [6, 6.07) is 17.7. The first-order valence-electron chi connectivity index (χ1n) is 9.08. The van der Waals surface area contributed by atoms with Crippen LogP contribution in [0.4, 0.5) is 10.1 Å². The zero-order valence-electron chi connectivity index (χ0n) is 16.5. The van der Waals surface area contributed by atoms with Gasteiger partial charge in [-0.25, -0.2) is 12.8 Å². The van der Waals surface area contributed by atoms with E-state index in [1.165, 1.54) is 24.3 Å². The predicted molar refractivity (Wildman–Crippen MR) is 118 cm³/mol. The zero-order chi connectivity index (χ0) is 21.7. The van der Waals surface area contributed by atoms with E-state index in [1.807, 2.05) is 30.5 Å². The lowest BCUT2D eigenvalue weighted by atomic mass is 10.2. The number of thioether (sulfide) groups is 1. The summed E-state index contributed by atoms with van der Waals surface area (Å²) in [7, 11) is -3.98. The molecule has 0 radical (unpaired) electrons. The van der Waals surface area contributed by atoms with Crippen LogP contribution in [-0.2, 0) is 16.6 Å². The molecule has 3 aromatic rings. The minimum Gasteiger partial charge on any atom is -0.348 e. The molecule has 1 amide bonds. The number of nitrogens with one attached hydrogen (secondary N) is 2. The van der Waals surface area contributed by atoms with Crippen LogP contribution in [0.2, 0.25) is 0 Å². The van der Waals surface area contributed by atoms with Crippen LogP contribution in [0, 0.1) is 12.7 Å². The van der Waals surface area contributed by atoms with Crippen molar-refractivity contribution < 1.29 is 17.6 Å². The molecule has 0 aliphatic rings. The number of benzene rings is 3. The third-order valence-electron chi connectivity index (χ3n) is 4.44. The van der Waals surface area contributed by atoms with E-state index in [1.54, 1.807) is 30.8 Å². The molecule has 0 heterocycles. The number of halogens is 1. The van der Waals surface area contributed by atoms with Crippen LogP contribution in [0.25, 0.3) is 0 Å². The fourth-order valence-electron chi connectivity index (χ4n) is 2.71. The molecule has 8 heteroatoms. The van der Waals surface area contributed by atoms with E-state index < -0.39 is 15.8 Å². The number of anilines is 1. The van der Waals surface area contributed by atoms with E-state index in [0.29, 0.717) is 17.7 Å². The Hall–Kier alpha value is -2.84. The molecule has 0 aliphatic carbocycles. The molecular weight excluding hydrogens is 423 g/mol. The van der Waals surface area contributed by atoms with Crippen LogP contribution in [0.1, 0.15) is 21.5 Å². The fourth-order valence-corrected chi connectivity index (χ4v) is 4.18. The van der Waals surface area contributed by atoms with Crippen LogP contribution < -0.4 is 10.0 Å². The van der Waals surface area contributed by atoms with Gasteiger partial charge in [0.2, 0.25) is 0 Å². The summed E-state index contributed by atoms with van der Waals surface area (Å²) in [5, 5.41) is 2.82. The molecule has 0 bridgehead atoms. The lowest BCUT2D eigenvalue weighted by Gasteiger charge is -2.11. The van der Waals surface area contributed by atoms with Gasteiger partial charge in [0.05, 0.1) is 4.90 Å². The maximum absolute atomic E-state index is 13.7. The van der Waals surface area contributed by atoms with E-state index in [2.05, 4.69) is 10.0 Å². The number of sulfonamides is 1. The standard InChI is InChI=1S/C22H21FN2O3S2/c1-15-6-11-20(13-21(15)23)30(27,28)25-18-5-3-4-17(12-18)22(26)24-14-16-7-9-19(29-2)10-8-16/h3-13,25H,14H2,1-2H3,(H,24,26). The van der Waals surface area contributed by atoms with E-state index in [-0.39, 0.29) is 16.5 Å². The second kappa shape index (κ2) is 9.32. The number of hydrogen-bond donors (Lipinski definition) is 2. The van der Waals surface area contributed by atoms with Crippen molar-refractivity contribution in [2.75, 3.05) is 11.0 Å². The lowest BCUT2D eigenvalue weighted by Crippen LogP contribution is -2.23. The maximum Gasteiger partial charge on any atom is 0.261 e. The Morgan fingerprint density at radius 3 is 2.43 bits per heavy atom. The minimum absolute atomic E-state index is 0.186. The molecular formula is C22H21FN2O3S2. The van der Waals surface area contributed by atoms with E-state index in [9.17, 15) is 17.6 Å². The van der Waals surface area contributed by atoms with E-state index in [4.69, 9.17) is 0 Å². The SMILES string of the molecule is CSc1ccc(CNC(=O)c2cccc(NS(=O)(=O)c3ccc(C)c(F)c3)c2)cc1. The smallest absolute Gasteiger partial charge is 0.261 e. The molecule has 0 atom stereocenters. The van der Waals surface area contributed by atoms with Crippen molar-refractivity contribution in [2.45, 2.75) is 23.3 Å². The highest BCUT2D eigenvalue weighted by Gasteiger charge is 2.16. The first-order valence-corrected chi connectivity index (χ1v) is 11.8. The summed E-state index contributed by atoms with van der Waals surface area (Å²) in [6.07, 6.45) is 1.99. The predicted octanol–water partition coefficient (Wildman–Crippen LogP) is 4.59. The van der Waals surface area contributed by atoms with E-state index in [0.717, 1.165) is 16.5 Å². The van der Waals surface area contributed by atoms with Crippen LogP contribution in [0.15, 0.2) is 76.5 Å². The number of carbonyl (C=O) groups excluding carboxylic acids is 1. The van der Waals surface area contributed by atoms with Crippen molar-refractivity contribution in [3.63, 3.8) is 0 Å². The first-order chi connectivity index (χ1) is 14.3. The van der Waals surface area contributed by atoms with Gasteiger partial charge in [0.1, 0.15) is 5.82 Å². The summed E-state index contributed by atoms with van der Waals surface area (Å²) in [4.78, 5) is 13.4. The number of rotatable bonds is 7. The lowest BCUT2D eigenvalue weighted by molar-refractivity contribution is 0.0951. The van der Waals surface area contributed by atoms with Crippen molar-refractivity contribution in [3.05, 3.63) is 89.2 Å². The first kappa shape index (κ1) is 21.9. The van der Waals surface area contributed by atoms with Crippen molar-refractivity contribution in [1.82, 2.24) is 5.32 Å². The molecule has 2 N–H and O–H groups in total. The average molecular weight is 445 g/mol. The molecule has 0 aliphatic heterocycles. The molecule has 0 fully saturated rings. The Bertz CT molecular complexity index is 1160. The Morgan fingerprint density at radius 1 is 1.03 bits per heavy atom. The Labute approximate surface area is 179 Å². The minimum atomic E-state index is -3.98. The van der Waals surface area contributed by atoms with Crippen molar-refractivity contribution >= 4 is 33.4 Å². The fraction of sp³-hybridized carbons (Fsp3) is 0.136. The third-order valence-corrected chi connectivity index (χ3v) is 6.57. The summed E-state index contributed by atoms with van der Waals surface area (Å²) in [6.45, 7) is 1.91. The number of aryl methyl sites for hydroxylation is 1. The van der Waals surface area contributed by atoms with Gasteiger partial charge in [0.15, 0.2) is 0 Å². The number of carbonyl (C=O) groups is 1. The van der Waals surface area contributed by atoms with Gasteiger partial charge < -0.3 is 5.32 Å². The van der Waals surface area contributed by atoms with Gasteiger partial charge in [-0.3, -0.25) is 9.52 Å². The molecule has 0 unspecified atom stereocenters. The molecule has 3 rings (SSSR count). The van der Waals surface area contributed by atoms with E-state index >= 15 is 0 Å². The largest absolute Gasteiger partial charge is 0.348 e. The van der Waals surface area contributed by atoms with Gasteiger partial charge >= 0.3 is 0 Å².